The first kappa shape index (κ1) is 22.5. The highest BCUT2D eigenvalue weighted by Gasteiger charge is 2.35. The fourth-order valence-electron chi connectivity index (χ4n) is 2.78. The standard InChI is InChI=1S/C19H20F3N7OS/c1-4-29-17(14-9-15(19(20,21)22)27-28(14)3)25-26-18(29)31-11-16(30)24-23-10-13-7-5-6-12(2)8-13/h5-10H,4,11H2,1-3H3,(H,24,30)/b23-10+. The number of hydrogen-bond donors (Lipinski definition) is 1. The summed E-state index contributed by atoms with van der Waals surface area (Å²) < 4.78 is 41.6. The molecule has 2 heterocycles. The van der Waals surface area contributed by atoms with Gasteiger partial charge in [-0.3, -0.25) is 9.48 Å². The lowest BCUT2D eigenvalue weighted by atomic mass is 10.2. The Bertz CT molecular complexity index is 1100. The van der Waals surface area contributed by atoms with E-state index in [0.717, 1.165) is 33.6 Å². The second-order valence-electron chi connectivity index (χ2n) is 6.58. The van der Waals surface area contributed by atoms with Gasteiger partial charge in [-0.05, 0) is 25.5 Å². The van der Waals surface area contributed by atoms with Crippen LogP contribution in [-0.2, 0) is 24.6 Å². The fraction of sp³-hybridized carbons (Fsp3) is 0.316. The molecule has 164 valence electrons. The molecule has 0 radical (unpaired) electrons. The number of benzene rings is 1. The molecule has 3 rings (SSSR count). The van der Waals surface area contributed by atoms with Crippen LogP contribution in [0.15, 0.2) is 40.6 Å². The molecule has 2 aromatic heterocycles. The van der Waals surface area contributed by atoms with Gasteiger partial charge in [-0.2, -0.15) is 23.4 Å². The van der Waals surface area contributed by atoms with Crippen molar-refractivity contribution in [2.45, 2.75) is 31.7 Å². The molecule has 0 aliphatic heterocycles. The third-order valence-corrected chi connectivity index (χ3v) is 5.18. The molecule has 1 N–H and O–H groups in total. The lowest BCUT2D eigenvalue weighted by Gasteiger charge is -2.07. The first-order chi connectivity index (χ1) is 14.7. The Morgan fingerprint density at radius 2 is 2.06 bits per heavy atom. The highest BCUT2D eigenvalue weighted by atomic mass is 32.2. The summed E-state index contributed by atoms with van der Waals surface area (Å²) in [5.41, 5.74) is 3.56. The minimum Gasteiger partial charge on any atom is -0.301 e. The van der Waals surface area contributed by atoms with Gasteiger partial charge in [0.05, 0.1) is 12.0 Å². The number of hydrazone groups is 1. The van der Waals surface area contributed by atoms with E-state index in [1.165, 1.54) is 7.05 Å². The Balaban J connectivity index is 1.66. The van der Waals surface area contributed by atoms with Gasteiger partial charge in [-0.1, -0.05) is 41.6 Å². The zero-order valence-corrected chi connectivity index (χ0v) is 17.8. The van der Waals surface area contributed by atoms with Crippen molar-refractivity contribution in [3.05, 3.63) is 47.2 Å². The molecule has 0 fully saturated rings. The van der Waals surface area contributed by atoms with Gasteiger partial charge in [0.15, 0.2) is 16.7 Å². The number of nitrogens with zero attached hydrogens (tertiary/aromatic N) is 6. The normalized spacial score (nSPS) is 11.9. The maximum Gasteiger partial charge on any atom is 0.435 e. The first-order valence-corrected chi connectivity index (χ1v) is 10.2. The summed E-state index contributed by atoms with van der Waals surface area (Å²) in [4.78, 5) is 12.1. The highest BCUT2D eigenvalue weighted by Crippen LogP contribution is 2.31. The molecule has 0 aliphatic carbocycles. The van der Waals surface area contributed by atoms with E-state index in [1.54, 1.807) is 10.8 Å². The molecule has 1 aromatic carbocycles. The minimum atomic E-state index is -4.55. The maximum atomic E-state index is 12.9. The van der Waals surface area contributed by atoms with Crippen LogP contribution < -0.4 is 5.43 Å². The van der Waals surface area contributed by atoms with Crippen molar-refractivity contribution in [1.82, 2.24) is 30.0 Å². The average molecular weight is 451 g/mol. The van der Waals surface area contributed by atoms with E-state index >= 15 is 0 Å². The van der Waals surface area contributed by atoms with E-state index in [2.05, 4.69) is 25.8 Å². The summed E-state index contributed by atoms with van der Waals surface area (Å²) in [6, 6.07) is 8.57. The Hall–Kier alpha value is -3.15. The van der Waals surface area contributed by atoms with Crippen molar-refractivity contribution in [3.63, 3.8) is 0 Å². The molecule has 0 unspecified atom stereocenters. The summed E-state index contributed by atoms with van der Waals surface area (Å²) in [7, 11) is 1.41. The zero-order chi connectivity index (χ0) is 22.6. The molecule has 0 saturated heterocycles. The molecule has 1 amide bonds. The van der Waals surface area contributed by atoms with Gasteiger partial charge in [-0.15, -0.1) is 10.2 Å². The molecule has 0 atom stereocenters. The van der Waals surface area contributed by atoms with Crippen LogP contribution in [0, 0.1) is 6.92 Å². The van der Waals surface area contributed by atoms with Crippen LogP contribution in [0.5, 0.6) is 0 Å². The maximum absolute atomic E-state index is 12.9. The fourth-order valence-corrected chi connectivity index (χ4v) is 3.57. The third kappa shape index (κ3) is 5.51. The Morgan fingerprint density at radius 1 is 1.29 bits per heavy atom. The SMILES string of the molecule is CCn1c(SCC(=O)N/N=C/c2cccc(C)c2)nnc1-c1cc(C(F)(F)F)nn1C. The van der Waals surface area contributed by atoms with Crippen LogP contribution in [0.3, 0.4) is 0 Å². The predicted molar refractivity (Wildman–Crippen MR) is 111 cm³/mol. The number of carbonyl (C=O) groups is 1. The number of aromatic nitrogens is 5. The summed E-state index contributed by atoms with van der Waals surface area (Å²) in [5.74, 6) is -0.0861. The molecule has 0 aliphatic rings. The quantitative estimate of drug-likeness (QED) is 0.338. The van der Waals surface area contributed by atoms with Crippen molar-refractivity contribution in [3.8, 4) is 11.5 Å². The molecular formula is C19H20F3N7OS. The zero-order valence-electron chi connectivity index (χ0n) is 17.0. The van der Waals surface area contributed by atoms with Gasteiger partial charge in [0.1, 0.15) is 5.69 Å². The Morgan fingerprint density at radius 3 is 2.71 bits per heavy atom. The number of nitrogens with one attached hydrogen (secondary N) is 1. The molecule has 3 aromatic rings. The molecular weight excluding hydrogens is 431 g/mol. The minimum absolute atomic E-state index is 0.0163. The molecule has 0 bridgehead atoms. The van der Waals surface area contributed by atoms with Gasteiger partial charge in [0.25, 0.3) is 5.91 Å². The Kier molecular flexibility index (Phi) is 6.78. The van der Waals surface area contributed by atoms with E-state index in [-0.39, 0.29) is 23.2 Å². The molecule has 12 heteroatoms. The van der Waals surface area contributed by atoms with Crippen LogP contribution in [0.4, 0.5) is 13.2 Å². The highest BCUT2D eigenvalue weighted by molar-refractivity contribution is 7.99. The average Bonchev–Trinajstić information content (AvgIpc) is 3.29. The van der Waals surface area contributed by atoms with Gasteiger partial charge >= 0.3 is 6.18 Å². The van der Waals surface area contributed by atoms with E-state index in [0.29, 0.717) is 11.7 Å². The van der Waals surface area contributed by atoms with Gasteiger partial charge < -0.3 is 4.57 Å². The summed E-state index contributed by atoms with van der Waals surface area (Å²) in [6.07, 6.45) is -3.01. The molecule has 0 spiro atoms. The largest absolute Gasteiger partial charge is 0.435 e. The van der Waals surface area contributed by atoms with Gasteiger partial charge in [0.2, 0.25) is 0 Å². The number of amides is 1. The van der Waals surface area contributed by atoms with E-state index in [9.17, 15) is 18.0 Å². The first-order valence-electron chi connectivity index (χ1n) is 9.25. The lowest BCUT2D eigenvalue weighted by molar-refractivity contribution is -0.141. The molecule has 31 heavy (non-hydrogen) atoms. The third-order valence-electron chi connectivity index (χ3n) is 4.21. The number of alkyl halides is 3. The van der Waals surface area contributed by atoms with Crippen LogP contribution in [0.1, 0.15) is 23.7 Å². The van der Waals surface area contributed by atoms with E-state index in [4.69, 9.17) is 0 Å². The van der Waals surface area contributed by atoms with Gasteiger partial charge in [0, 0.05) is 13.6 Å². The predicted octanol–water partition coefficient (Wildman–Crippen LogP) is 3.27. The van der Waals surface area contributed by atoms with Crippen LogP contribution in [0.25, 0.3) is 11.5 Å². The number of hydrogen-bond acceptors (Lipinski definition) is 6. The summed E-state index contributed by atoms with van der Waals surface area (Å²) >= 11 is 1.11. The second-order valence-corrected chi connectivity index (χ2v) is 7.53. The lowest BCUT2D eigenvalue weighted by Crippen LogP contribution is -2.20. The van der Waals surface area contributed by atoms with E-state index in [1.807, 2.05) is 38.1 Å². The van der Waals surface area contributed by atoms with Gasteiger partial charge in [-0.25, -0.2) is 5.43 Å². The summed E-state index contributed by atoms with van der Waals surface area (Å²) in [6.45, 7) is 4.18. The van der Waals surface area contributed by atoms with Crippen LogP contribution in [-0.4, -0.2) is 42.4 Å². The van der Waals surface area contributed by atoms with Crippen molar-refractivity contribution in [1.29, 1.82) is 0 Å². The van der Waals surface area contributed by atoms with Crippen molar-refractivity contribution in [2.75, 3.05) is 5.75 Å². The van der Waals surface area contributed by atoms with Crippen LogP contribution in [0.2, 0.25) is 0 Å². The topological polar surface area (TPSA) is 90.0 Å². The number of aryl methyl sites for hydroxylation is 2. The van der Waals surface area contributed by atoms with E-state index < -0.39 is 11.9 Å². The number of halogens is 3. The second kappa shape index (κ2) is 9.33. The molecule has 0 saturated carbocycles. The van der Waals surface area contributed by atoms with Crippen molar-refractivity contribution < 1.29 is 18.0 Å². The number of carbonyl (C=O) groups excluding carboxylic acids is 1. The smallest absolute Gasteiger partial charge is 0.301 e. The number of thioether (sulfide) groups is 1. The Labute approximate surface area is 180 Å². The number of rotatable bonds is 7. The van der Waals surface area contributed by atoms with Crippen LogP contribution >= 0.6 is 11.8 Å². The van der Waals surface area contributed by atoms with Crippen molar-refractivity contribution >= 4 is 23.9 Å². The molecule has 8 nitrogen and oxygen atoms in total. The summed E-state index contributed by atoms with van der Waals surface area (Å²) in [5, 5.41) is 15.9. The monoisotopic (exact) mass is 451 g/mol. The van der Waals surface area contributed by atoms with Crippen molar-refractivity contribution in [2.24, 2.45) is 12.1 Å².